The minimum absolute atomic E-state index is 0.169. The van der Waals surface area contributed by atoms with Crippen molar-refractivity contribution in [3.8, 4) is 0 Å². The quantitative estimate of drug-likeness (QED) is 0.777. The Kier molecular flexibility index (Phi) is 3.55. The average molecular weight is 246 g/mol. The van der Waals surface area contributed by atoms with Gasteiger partial charge >= 0.3 is 0 Å². The smallest absolute Gasteiger partial charge is 0.166 e. The van der Waals surface area contributed by atoms with Crippen LogP contribution in [-0.4, -0.2) is 15.6 Å². The molecular weight excluding hydrogens is 231 g/mol. The maximum Gasteiger partial charge on any atom is 0.166 e. The molecule has 0 amide bonds. The van der Waals surface area contributed by atoms with Crippen LogP contribution in [0.4, 0.5) is 4.39 Å². The van der Waals surface area contributed by atoms with E-state index in [9.17, 15) is 9.18 Å². The van der Waals surface area contributed by atoms with Crippen LogP contribution in [0.3, 0.4) is 0 Å². The fourth-order valence-corrected chi connectivity index (χ4v) is 1.88. The number of halogens is 1. The van der Waals surface area contributed by atoms with Crippen LogP contribution in [0.5, 0.6) is 0 Å². The molecule has 0 saturated carbocycles. The molecule has 0 aliphatic rings. The molecule has 2 aromatic rings. The van der Waals surface area contributed by atoms with Gasteiger partial charge in [-0.25, -0.2) is 4.39 Å². The van der Waals surface area contributed by atoms with Gasteiger partial charge < -0.3 is 0 Å². The van der Waals surface area contributed by atoms with Crippen molar-refractivity contribution in [3.05, 3.63) is 53.1 Å². The zero-order chi connectivity index (χ0) is 13.1. The Morgan fingerprint density at radius 3 is 2.83 bits per heavy atom. The lowest BCUT2D eigenvalue weighted by atomic mass is 10.0. The van der Waals surface area contributed by atoms with E-state index in [4.69, 9.17) is 0 Å². The van der Waals surface area contributed by atoms with E-state index in [2.05, 4.69) is 5.10 Å². The van der Waals surface area contributed by atoms with Crippen molar-refractivity contribution in [1.82, 2.24) is 9.78 Å². The summed E-state index contributed by atoms with van der Waals surface area (Å²) >= 11 is 0. The number of carbonyl (C=O) groups excluding carboxylic acids is 1. The lowest BCUT2D eigenvalue weighted by Crippen LogP contribution is -2.06. The molecule has 0 N–H and O–H groups in total. The molecular formula is C14H15FN2O. The minimum Gasteiger partial charge on any atom is -0.294 e. The molecule has 1 aromatic heterocycles. The highest BCUT2D eigenvalue weighted by Gasteiger charge is 2.12. The van der Waals surface area contributed by atoms with E-state index < -0.39 is 5.82 Å². The summed E-state index contributed by atoms with van der Waals surface area (Å²) in [5, 5.41) is 4.03. The van der Waals surface area contributed by atoms with Crippen LogP contribution in [-0.2, 0) is 13.5 Å². The van der Waals surface area contributed by atoms with Crippen molar-refractivity contribution < 1.29 is 9.18 Å². The summed E-state index contributed by atoms with van der Waals surface area (Å²) in [6.07, 6.45) is 2.55. The van der Waals surface area contributed by atoms with Gasteiger partial charge in [0.05, 0.1) is 5.56 Å². The summed E-state index contributed by atoms with van der Waals surface area (Å²) in [6, 6.07) is 6.46. The maximum atomic E-state index is 13.5. The second-order valence-electron chi connectivity index (χ2n) is 4.35. The van der Waals surface area contributed by atoms with Crippen LogP contribution in [0, 0.1) is 12.7 Å². The number of rotatable bonds is 4. The molecule has 0 spiro atoms. The lowest BCUT2D eigenvalue weighted by Gasteiger charge is -2.04. The van der Waals surface area contributed by atoms with E-state index in [1.807, 2.05) is 20.0 Å². The number of aryl methyl sites for hydroxylation is 3. The summed E-state index contributed by atoms with van der Waals surface area (Å²) in [4.78, 5) is 12.0. The van der Waals surface area contributed by atoms with Gasteiger partial charge in [0.1, 0.15) is 5.82 Å². The highest BCUT2D eigenvalue weighted by molar-refractivity contribution is 5.96. The van der Waals surface area contributed by atoms with E-state index in [-0.39, 0.29) is 11.3 Å². The van der Waals surface area contributed by atoms with E-state index in [1.54, 1.807) is 23.0 Å². The first-order valence-corrected chi connectivity index (χ1v) is 5.84. The summed E-state index contributed by atoms with van der Waals surface area (Å²) in [6.45, 7) is 1.84. The van der Waals surface area contributed by atoms with Crippen LogP contribution in [0.1, 0.15) is 28.0 Å². The molecule has 0 fully saturated rings. The monoisotopic (exact) mass is 246 g/mol. The van der Waals surface area contributed by atoms with Crippen molar-refractivity contribution in [2.24, 2.45) is 7.05 Å². The highest BCUT2D eigenvalue weighted by atomic mass is 19.1. The van der Waals surface area contributed by atoms with Crippen LogP contribution < -0.4 is 0 Å². The number of Topliss-reactive ketones (excluding diaryl/α,β-unsaturated/α-hetero) is 1. The van der Waals surface area contributed by atoms with Crippen LogP contribution in [0.25, 0.3) is 0 Å². The fraction of sp³-hybridized carbons (Fsp3) is 0.286. The second kappa shape index (κ2) is 5.12. The number of ketones is 1. The van der Waals surface area contributed by atoms with Gasteiger partial charge in [0.15, 0.2) is 5.78 Å². The predicted molar refractivity (Wildman–Crippen MR) is 67.0 cm³/mol. The number of carbonyl (C=O) groups is 1. The summed E-state index contributed by atoms with van der Waals surface area (Å²) < 4.78 is 15.2. The first-order valence-electron chi connectivity index (χ1n) is 5.84. The van der Waals surface area contributed by atoms with Gasteiger partial charge in [-0.05, 0) is 31.5 Å². The minimum atomic E-state index is -0.449. The Hall–Kier alpha value is -1.97. The summed E-state index contributed by atoms with van der Waals surface area (Å²) in [7, 11) is 1.83. The molecule has 4 heteroatoms. The van der Waals surface area contributed by atoms with Gasteiger partial charge in [-0.15, -0.1) is 0 Å². The van der Waals surface area contributed by atoms with Gasteiger partial charge in [0.25, 0.3) is 0 Å². The van der Waals surface area contributed by atoms with E-state index >= 15 is 0 Å². The van der Waals surface area contributed by atoms with E-state index in [0.29, 0.717) is 12.8 Å². The van der Waals surface area contributed by atoms with Crippen molar-refractivity contribution >= 4 is 5.78 Å². The third-order valence-corrected chi connectivity index (χ3v) is 2.95. The Bertz CT molecular complexity index is 575. The molecule has 94 valence electrons. The van der Waals surface area contributed by atoms with E-state index in [1.165, 1.54) is 6.07 Å². The number of hydrogen-bond acceptors (Lipinski definition) is 2. The van der Waals surface area contributed by atoms with Crippen molar-refractivity contribution in [3.63, 3.8) is 0 Å². The first kappa shape index (κ1) is 12.5. The Morgan fingerprint density at radius 2 is 2.17 bits per heavy atom. The highest BCUT2D eigenvalue weighted by Crippen LogP contribution is 2.13. The van der Waals surface area contributed by atoms with Gasteiger partial charge in [0.2, 0.25) is 0 Å². The molecule has 2 rings (SSSR count). The lowest BCUT2D eigenvalue weighted by molar-refractivity contribution is 0.0978. The number of benzene rings is 1. The maximum absolute atomic E-state index is 13.5. The van der Waals surface area contributed by atoms with Gasteiger partial charge in [0, 0.05) is 25.4 Å². The van der Waals surface area contributed by atoms with Gasteiger partial charge in [-0.2, -0.15) is 5.10 Å². The molecule has 0 aliphatic carbocycles. The molecule has 0 bridgehead atoms. The van der Waals surface area contributed by atoms with Crippen LogP contribution >= 0.6 is 0 Å². The number of nitrogens with zero attached hydrogens (tertiary/aromatic N) is 2. The van der Waals surface area contributed by atoms with Gasteiger partial charge in [-0.3, -0.25) is 9.48 Å². The van der Waals surface area contributed by atoms with Crippen molar-refractivity contribution in [1.29, 1.82) is 0 Å². The van der Waals surface area contributed by atoms with E-state index in [0.717, 1.165) is 11.3 Å². The van der Waals surface area contributed by atoms with Crippen LogP contribution in [0.2, 0.25) is 0 Å². The van der Waals surface area contributed by atoms with Crippen LogP contribution in [0.15, 0.2) is 30.5 Å². The van der Waals surface area contributed by atoms with Crippen molar-refractivity contribution in [2.45, 2.75) is 19.8 Å². The molecule has 0 aliphatic heterocycles. The normalized spacial score (nSPS) is 10.6. The molecule has 1 aromatic carbocycles. The summed E-state index contributed by atoms with van der Waals surface area (Å²) in [5.41, 5.74) is 2.04. The molecule has 0 unspecified atom stereocenters. The Balaban J connectivity index is 2.08. The fourth-order valence-electron chi connectivity index (χ4n) is 1.88. The molecule has 18 heavy (non-hydrogen) atoms. The van der Waals surface area contributed by atoms with Gasteiger partial charge in [-0.1, -0.05) is 11.6 Å². The number of aromatic nitrogens is 2. The second-order valence-corrected chi connectivity index (χ2v) is 4.35. The predicted octanol–water partition coefficient (Wildman–Crippen LogP) is 2.68. The molecule has 1 heterocycles. The molecule has 0 atom stereocenters. The third-order valence-electron chi connectivity index (χ3n) is 2.95. The summed E-state index contributed by atoms with van der Waals surface area (Å²) in [5.74, 6) is -0.618. The molecule has 0 saturated heterocycles. The topological polar surface area (TPSA) is 34.9 Å². The third kappa shape index (κ3) is 2.64. The zero-order valence-corrected chi connectivity index (χ0v) is 10.5. The molecule has 0 radical (unpaired) electrons. The average Bonchev–Trinajstić information content (AvgIpc) is 2.75. The Labute approximate surface area is 105 Å². The zero-order valence-electron chi connectivity index (χ0n) is 10.5. The largest absolute Gasteiger partial charge is 0.294 e. The number of hydrogen-bond donors (Lipinski definition) is 0. The molecule has 3 nitrogen and oxygen atoms in total. The SMILES string of the molecule is Cc1ccc(F)c(C(=O)CCc2ccnn2C)c1. The standard InChI is InChI=1S/C14H15FN2O/c1-10-3-5-13(15)12(9-10)14(18)6-4-11-7-8-16-17(11)2/h3,5,7-9H,4,6H2,1-2H3. The Morgan fingerprint density at radius 1 is 1.39 bits per heavy atom. The first-order chi connectivity index (χ1) is 8.58. The van der Waals surface area contributed by atoms with Crippen molar-refractivity contribution in [2.75, 3.05) is 0 Å².